The van der Waals surface area contributed by atoms with Gasteiger partial charge in [-0.2, -0.15) is 0 Å². The van der Waals surface area contributed by atoms with E-state index < -0.39 is 5.60 Å². The highest BCUT2D eigenvalue weighted by atomic mass is 16.6. The van der Waals surface area contributed by atoms with Gasteiger partial charge >= 0.3 is 6.09 Å². The Morgan fingerprint density at radius 3 is 2.22 bits per heavy atom. The molecule has 2 aliphatic heterocycles. The van der Waals surface area contributed by atoms with Crippen LogP contribution in [-0.4, -0.2) is 53.1 Å². The summed E-state index contributed by atoms with van der Waals surface area (Å²) < 4.78 is 7.91. The van der Waals surface area contributed by atoms with Crippen molar-refractivity contribution in [3.63, 3.8) is 0 Å². The second-order valence-electron chi connectivity index (χ2n) is 6.23. The van der Waals surface area contributed by atoms with Crippen molar-refractivity contribution < 1.29 is 14.1 Å². The summed E-state index contributed by atoms with van der Waals surface area (Å²) in [6, 6.07) is 0. The van der Waals surface area contributed by atoms with Crippen LogP contribution in [0.1, 0.15) is 46.5 Å². The normalized spacial score (nSPS) is 21.4. The summed E-state index contributed by atoms with van der Waals surface area (Å²) in [4.78, 5) is 13.8. The van der Waals surface area contributed by atoms with Crippen LogP contribution in [-0.2, 0) is 4.74 Å². The molecule has 0 spiro atoms. The lowest BCUT2D eigenvalue weighted by Crippen LogP contribution is -2.43. The van der Waals surface area contributed by atoms with Crippen LogP contribution in [0.3, 0.4) is 0 Å². The quantitative estimate of drug-likeness (QED) is 0.620. The smallest absolute Gasteiger partial charge is 0.410 e. The molecule has 102 valence electrons. The molecule has 0 aromatic heterocycles. The number of carbonyl (C=O) groups excluding carboxylic acids is 1. The Labute approximate surface area is 110 Å². The summed E-state index contributed by atoms with van der Waals surface area (Å²) >= 11 is 0. The van der Waals surface area contributed by atoms with E-state index in [0.717, 1.165) is 25.9 Å². The van der Waals surface area contributed by atoms with E-state index in [9.17, 15) is 4.79 Å². The second-order valence-corrected chi connectivity index (χ2v) is 6.23. The number of likely N-dealkylation sites (tertiary alicyclic amines) is 1. The van der Waals surface area contributed by atoms with Crippen molar-refractivity contribution in [2.45, 2.75) is 52.1 Å². The average Bonchev–Trinajstić information content (AvgIpc) is 2.80. The number of piperidine rings is 1. The van der Waals surface area contributed by atoms with Crippen molar-refractivity contribution in [1.29, 1.82) is 0 Å². The van der Waals surface area contributed by atoms with E-state index in [4.69, 9.17) is 4.74 Å². The van der Waals surface area contributed by atoms with Gasteiger partial charge in [-0.15, -0.1) is 0 Å². The van der Waals surface area contributed by atoms with Gasteiger partial charge in [0, 0.05) is 38.8 Å². The average molecular weight is 253 g/mol. The maximum atomic E-state index is 11.9. The first kappa shape index (κ1) is 13.4. The summed E-state index contributed by atoms with van der Waals surface area (Å²) in [5.41, 5.74) is 1.14. The van der Waals surface area contributed by atoms with Gasteiger partial charge < -0.3 is 9.64 Å². The number of nitrogens with zero attached hydrogens (tertiary/aromatic N) is 2. The zero-order chi connectivity index (χ0) is 13.2. The number of hydrogen-bond acceptors (Lipinski definition) is 2. The Morgan fingerprint density at radius 1 is 1.17 bits per heavy atom. The van der Waals surface area contributed by atoms with Crippen LogP contribution < -0.4 is 0 Å². The highest BCUT2D eigenvalue weighted by molar-refractivity contribution is 5.82. The molecule has 18 heavy (non-hydrogen) atoms. The van der Waals surface area contributed by atoms with Crippen molar-refractivity contribution >= 4 is 11.8 Å². The van der Waals surface area contributed by atoms with Gasteiger partial charge in [0.15, 0.2) is 5.71 Å². The second kappa shape index (κ2) is 5.29. The lowest BCUT2D eigenvalue weighted by Gasteiger charge is -2.29. The van der Waals surface area contributed by atoms with Crippen LogP contribution in [0.25, 0.3) is 0 Å². The summed E-state index contributed by atoms with van der Waals surface area (Å²) in [7, 11) is 0. The Kier molecular flexibility index (Phi) is 3.93. The Morgan fingerprint density at radius 2 is 1.72 bits per heavy atom. The highest BCUT2D eigenvalue weighted by Crippen LogP contribution is 2.15. The number of hydrogen-bond donors (Lipinski definition) is 0. The van der Waals surface area contributed by atoms with E-state index >= 15 is 0 Å². The molecule has 0 saturated carbocycles. The molecule has 2 heterocycles. The summed E-state index contributed by atoms with van der Waals surface area (Å²) in [6.45, 7) is 9.77. The molecule has 0 aromatic rings. The summed E-state index contributed by atoms with van der Waals surface area (Å²) in [5, 5.41) is 0. The Hall–Kier alpha value is -1.06. The molecule has 0 aromatic carbocycles. The summed E-state index contributed by atoms with van der Waals surface area (Å²) in [6.07, 6.45) is 4.50. The number of carbonyl (C=O) groups is 1. The zero-order valence-corrected chi connectivity index (χ0v) is 11.9. The van der Waals surface area contributed by atoms with Gasteiger partial charge in [-0.3, -0.25) is 0 Å². The lowest BCUT2D eigenvalue weighted by molar-refractivity contribution is -0.508. The van der Waals surface area contributed by atoms with Crippen molar-refractivity contribution in [2.75, 3.05) is 26.2 Å². The fourth-order valence-electron chi connectivity index (χ4n) is 2.62. The molecule has 4 heteroatoms. The summed E-state index contributed by atoms with van der Waals surface area (Å²) in [5.74, 6) is 0. The largest absolute Gasteiger partial charge is 0.444 e. The predicted molar refractivity (Wildman–Crippen MR) is 71.3 cm³/mol. The maximum Gasteiger partial charge on any atom is 0.410 e. The Balaban J connectivity index is 1.86. The molecule has 2 fully saturated rings. The first-order chi connectivity index (χ1) is 8.46. The third-order valence-electron chi connectivity index (χ3n) is 3.55. The minimum Gasteiger partial charge on any atom is -0.444 e. The molecule has 2 rings (SSSR count). The van der Waals surface area contributed by atoms with E-state index in [0.29, 0.717) is 0 Å². The van der Waals surface area contributed by atoms with Crippen LogP contribution in [0.2, 0.25) is 0 Å². The fraction of sp³-hybridized carbons (Fsp3) is 0.857. The van der Waals surface area contributed by atoms with Crippen molar-refractivity contribution in [2.24, 2.45) is 0 Å². The molecule has 0 bridgehead atoms. The van der Waals surface area contributed by atoms with Crippen molar-refractivity contribution in [1.82, 2.24) is 4.90 Å². The van der Waals surface area contributed by atoms with Crippen LogP contribution in [0.4, 0.5) is 4.79 Å². The molecule has 0 N–H and O–H groups in total. The molecule has 4 nitrogen and oxygen atoms in total. The van der Waals surface area contributed by atoms with Crippen molar-refractivity contribution in [3.8, 4) is 0 Å². The molecule has 2 saturated heterocycles. The van der Waals surface area contributed by atoms with Gasteiger partial charge in [0.05, 0.1) is 0 Å². The molecule has 0 unspecified atom stereocenters. The van der Waals surface area contributed by atoms with Gasteiger partial charge in [-0.1, -0.05) is 0 Å². The molecule has 0 atom stereocenters. The molecular formula is C14H25N2O2+. The highest BCUT2D eigenvalue weighted by Gasteiger charge is 2.29. The van der Waals surface area contributed by atoms with E-state index in [2.05, 4.69) is 4.58 Å². The van der Waals surface area contributed by atoms with Crippen LogP contribution in [0.15, 0.2) is 0 Å². The zero-order valence-electron chi connectivity index (χ0n) is 11.9. The molecule has 1 amide bonds. The van der Waals surface area contributed by atoms with E-state index in [-0.39, 0.29) is 6.09 Å². The molecule has 0 radical (unpaired) electrons. The van der Waals surface area contributed by atoms with E-state index in [1.807, 2.05) is 25.7 Å². The van der Waals surface area contributed by atoms with E-state index in [1.54, 1.807) is 0 Å². The van der Waals surface area contributed by atoms with Gasteiger partial charge in [-0.05, 0) is 20.8 Å². The molecular weight excluding hydrogens is 228 g/mol. The molecule has 0 aliphatic carbocycles. The fourth-order valence-corrected chi connectivity index (χ4v) is 2.62. The monoisotopic (exact) mass is 253 g/mol. The minimum absolute atomic E-state index is 0.164. The third kappa shape index (κ3) is 3.47. The molecule has 2 aliphatic rings. The lowest BCUT2D eigenvalue weighted by atomic mass is 10.1. The first-order valence-electron chi connectivity index (χ1n) is 7.03. The standard InChI is InChI=1S/C14H25N2O2/c1-14(2,3)18-13(17)16-10-6-12(7-11-16)15-8-4-5-9-15/h4-11H2,1-3H3/q+1. The third-order valence-corrected chi connectivity index (χ3v) is 3.55. The van der Waals surface area contributed by atoms with Gasteiger partial charge in [0.2, 0.25) is 0 Å². The van der Waals surface area contributed by atoms with Crippen LogP contribution >= 0.6 is 0 Å². The number of rotatable bonds is 0. The SMILES string of the molecule is CC(C)(C)OC(=O)N1CCC(=[N+]2CCCC2)CC1. The van der Waals surface area contributed by atoms with Gasteiger partial charge in [0.1, 0.15) is 18.7 Å². The minimum atomic E-state index is -0.393. The number of amides is 1. The van der Waals surface area contributed by atoms with Gasteiger partial charge in [0.25, 0.3) is 0 Å². The maximum absolute atomic E-state index is 11.9. The first-order valence-corrected chi connectivity index (χ1v) is 7.03. The topological polar surface area (TPSA) is 32.5 Å². The van der Waals surface area contributed by atoms with Gasteiger partial charge in [-0.25, -0.2) is 9.37 Å². The Bertz CT molecular complexity index is 337. The number of ether oxygens (including phenoxy) is 1. The van der Waals surface area contributed by atoms with Crippen molar-refractivity contribution in [3.05, 3.63) is 0 Å². The van der Waals surface area contributed by atoms with E-state index in [1.165, 1.54) is 31.6 Å². The van der Waals surface area contributed by atoms with Crippen LogP contribution in [0.5, 0.6) is 0 Å². The predicted octanol–water partition coefficient (Wildman–Crippen LogP) is 2.26. The van der Waals surface area contributed by atoms with Crippen LogP contribution in [0, 0.1) is 0 Å².